The maximum atomic E-state index is 11.9. The first kappa shape index (κ1) is 21.3. The molecule has 7 heteroatoms. The largest absolute Gasteiger partial charge is 0.328 e. The van der Waals surface area contributed by atoms with Crippen LogP contribution in [0.2, 0.25) is 0 Å². The molecule has 1 heterocycles. The summed E-state index contributed by atoms with van der Waals surface area (Å²) in [6.07, 6.45) is 9.39. The van der Waals surface area contributed by atoms with Crippen molar-refractivity contribution >= 4 is 32.5 Å². The van der Waals surface area contributed by atoms with E-state index in [2.05, 4.69) is 18.1 Å². The van der Waals surface area contributed by atoms with Gasteiger partial charge in [0.1, 0.15) is 11.1 Å². The van der Waals surface area contributed by atoms with Gasteiger partial charge >= 0.3 is 10.1 Å². The van der Waals surface area contributed by atoms with E-state index in [4.69, 9.17) is 4.28 Å². The zero-order valence-corrected chi connectivity index (χ0v) is 17.1. The fourth-order valence-electron chi connectivity index (χ4n) is 2.57. The van der Waals surface area contributed by atoms with Gasteiger partial charge in [0, 0.05) is 4.91 Å². The van der Waals surface area contributed by atoms with E-state index in [-0.39, 0.29) is 5.75 Å². The smallest absolute Gasteiger partial charge is 0.267 e. The van der Waals surface area contributed by atoms with Crippen LogP contribution in [0.4, 0.5) is 0 Å². The van der Waals surface area contributed by atoms with E-state index in [1.165, 1.54) is 18.2 Å². The van der Waals surface area contributed by atoms with Crippen molar-refractivity contribution in [3.63, 3.8) is 0 Å². The van der Waals surface area contributed by atoms with E-state index in [1.807, 2.05) is 30.3 Å². The maximum Gasteiger partial charge on any atom is 0.328 e. The molecule has 0 saturated heterocycles. The van der Waals surface area contributed by atoms with Crippen molar-refractivity contribution in [2.75, 3.05) is 5.75 Å². The molecule has 1 aromatic carbocycles. The number of hydrogen-bond donors (Lipinski definition) is 0. The van der Waals surface area contributed by atoms with Gasteiger partial charge in [0.25, 0.3) is 0 Å². The second-order valence-electron chi connectivity index (χ2n) is 6.19. The molecule has 0 bridgehead atoms. The van der Waals surface area contributed by atoms with Crippen molar-refractivity contribution in [2.45, 2.75) is 45.4 Å². The number of benzene rings is 1. The summed E-state index contributed by atoms with van der Waals surface area (Å²) in [5.74, 6) is -0.0273. The van der Waals surface area contributed by atoms with E-state index in [1.54, 1.807) is 12.2 Å². The van der Waals surface area contributed by atoms with Crippen LogP contribution in [0.25, 0.3) is 5.57 Å². The molecule has 2 rings (SSSR count). The predicted octanol–water partition coefficient (Wildman–Crippen LogP) is 5.24. The Morgan fingerprint density at radius 2 is 1.81 bits per heavy atom. The highest BCUT2D eigenvalue weighted by Gasteiger charge is 2.17. The van der Waals surface area contributed by atoms with E-state index in [0.29, 0.717) is 17.0 Å². The van der Waals surface area contributed by atoms with Gasteiger partial charge in [-0.3, -0.25) is 4.28 Å². The van der Waals surface area contributed by atoms with Crippen LogP contribution >= 0.6 is 11.8 Å². The zero-order valence-electron chi connectivity index (χ0n) is 15.4. The number of allylic oxidation sites excluding steroid dienone is 2. The van der Waals surface area contributed by atoms with E-state index in [9.17, 15) is 13.7 Å². The van der Waals surface area contributed by atoms with Gasteiger partial charge in [0.2, 0.25) is 0 Å². The lowest BCUT2D eigenvalue weighted by Crippen LogP contribution is -2.08. The number of nitrogens with zero attached hydrogens (tertiary/aromatic N) is 2. The summed E-state index contributed by atoms with van der Waals surface area (Å²) < 4.78 is 28.7. The summed E-state index contributed by atoms with van der Waals surface area (Å²) in [6.45, 7) is 2.15. The average molecular weight is 405 g/mol. The molecule has 1 aliphatic heterocycles. The molecule has 1 aliphatic rings. The third-order valence-electron chi connectivity index (χ3n) is 4.00. The Morgan fingerprint density at radius 3 is 2.52 bits per heavy atom. The molecule has 0 fully saturated rings. The van der Waals surface area contributed by atoms with Crippen LogP contribution in [0.5, 0.6) is 0 Å². The number of hydrogen-bond acceptors (Lipinski definition) is 6. The van der Waals surface area contributed by atoms with Crippen molar-refractivity contribution < 1.29 is 12.7 Å². The van der Waals surface area contributed by atoms with Gasteiger partial charge in [-0.25, -0.2) is 0 Å². The molecule has 27 heavy (non-hydrogen) atoms. The highest BCUT2D eigenvalue weighted by molar-refractivity contribution is 8.18. The summed E-state index contributed by atoms with van der Waals surface area (Å²) in [5, 5.41) is 13.6. The second kappa shape index (κ2) is 11.0. The minimum Gasteiger partial charge on any atom is -0.267 e. The van der Waals surface area contributed by atoms with Gasteiger partial charge in [-0.15, -0.1) is 0 Å². The first-order valence-corrected chi connectivity index (χ1v) is 11.5. The Kier molecular flexibility index (Phi) is 8.62. The molecule has 5 nitrogen and oxygen atoms in total. The van der Waals surface area contributed by atoms with Crippen molar-refractivity contribution in [3.05, 3.63) is 53.0 Å². The average Bonchev–Trinajstić information content (AvgIpc) is 3.13. The number of nitriles is 1. The molecule has 0 saturated carbocycles. The summed E-state index contributed by atoms with van der Waals surface area (Å²) in [7, 11) is -3.67. The quantitative estimate of drug-likeness (QED) is 0.302. The molecule has 0 N–H and O–H groups in total. The van der Waals surface area contributed by atoms with Crippen LogP contribution in [0, 0.1) is 11.3 Å². The minimum absolute atomic E-state index is 0.0273. The minimum atomic E-state index is -3.67. The molecular formula is C20H24N2O3S2. The molecule has 0 aromatic heterocycles. The van der Waals surface area contributed by atoms with Gasteiger partial charge in [-0.2, -0.15) is 13.7 Å². The maximum absolute atomic E-state index is 11.9. The van der Waals surface area contributed by atoms with Crippen LogP contribution in [0.1, 0.15) is 51.0 Å². The van der Waals surface area contributed by atoms with Gasteiger partial charge in [-0.1, -0.05) is 86.3 Å². The lowest BCUT2D eigenvalue weighted by atomic mass is 10.1. The van der Waals surface area contributed by atoms with Crippen molar-refractivity contribution in [2.24, 2.45) is 5.16 Å². The fraction of sp³-hybridized carbons (Fsp3) is 0.400. The SMILES string of the molecule is CCCCCCCCS(=O)(=O)ON=C1C=CC(=C(C#N)c2ccccc2)S1. The Balaban J connectivity index is 1.89. The lowest BCUT2D eigenvalue weighted by Gasteiger charge is -2.03. The number of oxime groups is 1. The van der Waals surface area contributed by atoms with Crippen LogP contribution in [0.15, 0.2) is 52.5 Å². The first-order valence-electron chi connectivity index (χ1n) is 9.11. The monoisotopic (exact) mass is 404 g/mol. The molecule has 0 aliphatic carbocycles. The van der Waals surface area contributed by atoms with Gasteiger partial charge in [-0.05, 0) is 24.1 Å². The summed E-state index contributed by atoms with van der Waals surface area (Å²) in [4.78, 5) is 0.722. The van der Waals surface area contributed by atoms with Crippen molar-refractivity contribution in [1.82, 2.24) is 0 Å². The van der Waals surface area contributed by atoms with Gasteiger partial charge in [0.15, 0.2) is 0 Å². The van der Waals surface area contributed by atoms with Crippen LogP contribution in [-0.4, -0.2) is 19.2 Å². The number of thioether (sulfide) groups is 1. The topological polar surface area (TPSA) is 79.5 Å². The van der Waals surface area contributed by atoms with E-state index in [0.717, 1.165) is 36.2 Å². The van der Waals surface area contributed by atoms with Crippen LogP contribution in [0.3, 0.4) is 0 Å². The van der Waals surface area contributed by atoms with Gasteiger partial charge < -0.3 is 0 Å². The van der Waals surface area contributed by atoms with Crippen LogP contribution < -0.4 is 0 Å². The fourth-order valence-corrected chi connectivity index (χ4v) is 4.28. The highest BCUT2D eigenvalue weighted by atomic mass is 32.2. The Bertz CT molecular complexity index is 851. The third-order valence-corrected chi connectivity index (χ3v) is 6.07. The number of rotatable bonds is 10. The Hall–Kier alpha value is -2.04. The zero-order chi connectivity index (χ0) is 19.5. The Morgan fingerprint density at radius 1 is 1.11 bits per heavy atom. The molecule has 0 atom stereocenters. The summed E-state index contributed by atoms with van der Waals surface area (Å²) in [6, 6.07) is 11.5. The first-order chi connectivity index (χ1) is 13.1. The molecule has 0 spiro atoms. The molecule has 0 amide bonds. The predicted molar refractivity (Wildman–Crippen MR) is 111 cm³/mol. The van der Waals surface area contributed by atoms with Gasteiger partial charge in [0.05, 0.1) is 11.3 Å². The lowest BCUT2D eigenvalue weighted by molar-refractivity contribution is 0.339. The molecule has 1 aromatic rings. The second-order valence-corrected chi connectivity index (χ2v) is 8.92. The van der Waals surface area contributed by atoms with Crippen molar-refractivity contribution in [3.8, 4) is 6.07 Å². The molecule has 0 radical (unpaired) electrons. The van der Waals surface area contributed by atoms with Crippen molar-refractivity contribution in [1.29, 1.82) is 5.26 Å². The molecule has 144 valence electrons. The standard InChI is InChI=1S/C20H24N2O3S2/c1-2-3-4-5-6-10-15-27(23,24)25-22-20-14-13-19(26-20)18(16-21)17-11-8-7-9-12-17/h7-9,11-14H,2-6,10,15H2,1H3. The number of unbranched alkanes of at least 4 members (excludes halogenated alkanes) is 5. The van der Waals surface area contributed by atoms with E-state index < -0.39 is 10.1 Å². The normalized spacial score (nSPS) is 17.1. The molecule has 0 unspecified atom stereocenters. The van der Waals surface area contributed by atoms with Crippen LogP contribution in [-0.2, 0) is 14.4 Å². The summed E-state index contributed by atoms with van der Waals surface area (Å²) in [5.41, 5.74) is 1.34. The van der Waals surface area contributed by atoms with E-state index >= 15 is 0 Å². The highest BCUT2D eigenvalue weighted by Crippen LogP contribution is 2.33. The molecular weight excluding hydrogens is 380 g/mol. The summed E-state index contributed by atoms with van der Waals surface area (Å²) >= 11 is 1.22. The Labute approximate surface area is 165 Å². The third kappa shape index (κ3) is 7.24.